The topological polar surface area (TPSA) is 79.3 Å². The van der Waals surface area contributed by atoms with Gasteiger partial charge in [-0.05, 0) is 63.2 Å². The minimum Gasteiger partial charge on any atom is -0.353 e. The SMILES string of the molecule is CCN1CCC[C@@H]1CNC(=O)[C@@H](C)NC(=O)c1ccc2nc(-n3cccc3)sc2c1. The lowest BCUT2D eigenvalue weighted by Gasteiger charge is -2.23. The monoisotopic (exact) mass is 425 g/mol. The van der Waals surface area contributed by atoms with Gasteiger partial charge in [0.2, 0.25) is 5.91 Å². The standard InChI is InChI=1S/C22H27N5O2S/c1-3-26-12-6-7-17(26)14-23-20(28)15(2)24-21(29)16-8-9-18-19(13-16)30-22(25-18)27-10-4-5-11-27/h4-5,8-11,13,15,17H,3,6-7,12,14H2,1-2H3,(H,23,28)(H,24,29)/t15-,17-/m1/s1. The summed E-state index contributed by atoms with van der Waals surface area (Å²) in [5.74, 6) is -0.411. The van der Waals surface area contributed by atoms with Crippen molar-refractivity contribution in [3.8, 4) is 5.13 Å². The van der Waals surface area contributed by atoms with Crippen molar-refractivity contribution >= 4 is 33.4 Å². The van der Waals surface area contributed by atoms with E-state index in [0.717, 1.165) is 34.9 Å². The molecule has 1 fully saturated rings. The third kappa shape index (κ3) is 4.39. The second kappa shape index (κ2) is 8.97. The molecule has 2 aromatic heterocycles. The highest BCUT2D eigenvalue weighted by Gasteiger charge is 2.24. The Kier molecular flexibility index (Phi) is 6.15. The summed E-state index contributed by atoms with van der Waals surface area (Å²) in [7, 11) is 0. The average molecular weight is 426 g/mol. The van der Waals surface area contributed by atoms with Crippen LogP contribution in [0.5, 0.6) is 0 Å². The van der Waals surface area contributed by atoms with Crippen LogP contribution in [0, 0.1) is 0 Å². The van der Waals surface area contributed by atoms with Gasteiger partial charge in [0.1, 0.15) is 6.04 Å². The number of rotatable bonds is 7. The lowest BCUT2D eigenvalue weighted by atomic mass is 10.2. The number of thiazole rings is 1. The average Bonchev–Trinajstić information content (AvgIpc) is 3.50. The van der Waals surface area contributed by atoms with Crippen molar-refractivity contribution in [3.63, 3.8) is 0 Å². The Balaban J connectivity index is 1.36. The van der Waals surface area contributed by atoms with Crippen LogP contribution < -0.4 is 10.6 Å². The van der Waals surface area contributed by atoms with Crippen LogP contribution in [0.1, 0.15) is 37.0 Å². The third-order valence-electron chi connectivity index (χ3n) is 5.62. The predicted octanol–water partition coefficient (Wildman–Crippen LogP) is 2.81. The largest absolute Gasteiger partial charge is 0.353 e. The maximum atomic E-state index is 12.7. The first-order valence-electron chi connectivity index (χ1n) is 10.4. The molecular formula is C22H27N5O2S. The Hall–Kier alpha value is -2.71. The van der Waals surface area contributed by atoms with E-state index in [0.29, 0.717) is 18.2 Å². The van der Waals surface area contributed by atoms with Crippen LogP contribution in [-0.4, -0.2) is 58.0 Å². The first-order valence-corrected chi connectivity index (χ1v) is 11.2. The molecular weight excluding hydrogens is 398 g/mol. The fraction of sp³-hybridized carbons (Fsp3) is 0.409. The molecule has 30 heavy (non-hydrogen) atoms. The maximum absolute atomic E-state index is 12.7. The number of hydrogen-bond acceptors (Lipinski definition) is 5. The Labute approximate surface area is 180 Å². The van der Waals surface area contributed by atoms with Crippen molar-refractivity contribution in [1.29, 1.82) is 0 Å². The van der Waals surface area contributed by atoms with Crippen molar-refractivity contribution in [3.05, 3.63) is 48.3 Å². The molecule has 0 spiro atoms. The van der Waals surface area contributed by atoms with Crippen LogP contribution in [-0.2, 0) is 4.79 Å². The third-order valence-corrected chi connectivity index (χ3v) is 6.65. The Morgan fingerprint density at radius 2 is 2.10 bits per heavy atom. The van der Waals surface area contributed by atoms with Crippen molar-refractivity contribution in [2.24, 2.45) is 0 Å². The van der Waals surface area contributed by atoms with E-state index in [9.17, 15) is 9.59 Å². The molecule has 3 aromatic rings. The lowest BCUT2D eigenvalue weighted by molar-refractivity contribution is -0.122. The van der Waals surface area contributed by atoms with Gasteiger partial charge in [0.05, 0.1) is 10.2 Å². The fourth-order valence-electron chi connectivity index (χ4n) is 3.89. The molecule has 1 aliphatic rings. The number of benzene rings is 1. The molecule has 7 nitrogen and oxygen atoms in total. The van der Waals surface area contributed by atoms with Crippen LogP contribution >= 0.6 is 11.3 Å². The van der Waals surface area contributed by atoms with Gasteiger partial charge in [-0.1, -0.05) is 18.3 Å². The normalized spacial score (nSPS) is 17.9. The molecule has 0 bridgehead atoms. The molecule has 158 valence electrons. The number of amides is 2. The second-order valence-corrected chi connectivity index (χ2v) is 8.64. The van der Waals surface area contributed by atoms with E-state index in [2.05, 4.69) is 27.4 Å². The molecule has 0 aliphatic carbocycles. The number of nitrogens with one attached hydrogen (secondary N) is 2. The van der Waals surface area contributed by atoms with Gasteiger partial charge in [-0.25, -0.2) is 4.98 Å². The first-order chi connectivity index (χ1) is 14.5. The molecule has 0 unspecified atom stereocenters. The number of nitrogens with zero attached hydrogens (tertiary/aromatic N) is 3. The molecule has 2 amide bonds. The molecule has 1 aliphatic heterocycles. The highest BCUT2D eigenvalue weighted by atomic mass is 32.1. The van der Waals surface area contributed by atoms with Crippen LogP contribution in [0.3, 0.4) is 0 Å². The fourth-order valence-corrected chi connectivity index (χ4v) is 4.86. The van der Waals surface area contributed by atoms with Gasteiger partial charge in [-0.15, -0.1) is 0 Å². The van der Waals surface area contributed by atoms with E-state index in [1.165, 1.54) is 17.8 Å². The summed E-state index contributed by atoms with van der Waals surface area (Å²) < 4.78 is 2.88. The smallest absolute Gasteiger partial charge is 0.251 e. The van der Waals surface area contributed by atoms with Gasteiger partial charge >= 0.3 is 0 Å². The molecule has 0 radical (unpaired) electrons. The van der Waals surface area contributed by atoms with E-state index >= 15 is 0 Å². The molecule has 0 saturated carbocycles. The number of carbonyl (C=O) groups is 2. The highest BCUT2D eigenvalue weighted by Crippen LogP contribution is 2.26. The molecule has 4 rings (SSSR count). The zero-order chi connectivity index (χ0) is 21.1. The van der Waals surface area contributed by atoms with E-state index < -0.39 is 6.04 Å². The van der Waals surface area contributed by atoms with Gasteiger partial charge in [0, 0.05) is 30.5 Å². The summed E-state index contributed by atoms with van der Waals surface area (Å²) in [6.07, 6.45) is 6.16. The zero-order valence-electron chi connectivity index (χ0n) is 17.3. The molecule has 8 heteroatoms. The number of likely N-dealkylation sites (tertiary alicyclic amines) is 1. The van der Waals surface area contributed by atoms with Crippen LogP contribution in [0.25, 0.3) is 15.3 Å². The summed E-state index contributed by atoms with van der Waals surface area (Å²) in [5.41, 5.74) is 1.38. The minimum atomic E-state index is -0.596. The van der Waals surface area contributed by atoms with Crippen molar-refractivity contribution in [1.82, 2.24) is 25.1 Å². The Morgan fingerprint density at radius 1 is 1.30 bits per heavy atom. The van der Waals surface area contributed by atoms with E-state index in [4.69, 9.17) is 0 Å². The summed E-state index contributed by atoms with van der Waals surface area (Å²) in [4.78, 5) is 32.1. The summed E-state index contributed by atoms with van der Waals surface area (Å²) >= 11 is 1.52. The van der Waals surface area contributed by atoms with Crippen molar-refractivity contribution in [2.75, 3.05) is 19.6 Å². The van der Waals surface area contributed by atoms with Crippen LogP contribution in [0.2, 0.25) is 0 Å². The molecule has 1 aromatic carbocycles. The lowest BCUT2D eigenvalue weighted by Crippen LogP contribution is -2.48. The minimum absolute atomic E-state index is 0.153. The highest BCUT2D eigenvalue weighted by molar-refractivity contribution is 7.20. The predicted molar refractivity (Wildman–Crippen MR) is 119 cm³/mol. The van der Waals surface area contributed by atoms with Gasteiger partial charge in [-0.3, -0.25) is 14.5 Å². The quantitative estimate of drug-likeness (QED) is 0.610. The van der Waals surface area contributed by atoms with Crippen molar-refractivity contribution in [2.45, 2.75) is 38.8 Å². The maximum Gasteiger partial charge on any atom is 0.251 e. The van der Waals surface area contributed by atoms with Gasteiger partial charge in [0.15, 0.2) is 5.13 Å². The molecule has 2 atom stereocenters. The number of carbonyl (C=O) groups excluding carboxylic acids is 2. The molecule has 2 N–H and O–H groups in total. The number of fused-ring (bicyclic) bond motifs is 1. The summed E-state index contributed by atoms with van der Waals surface area (Å²) in [6, 6.07) is 9.12. The van der Waals surface area contributed by atoms with Gasteiger partial charge in [-0.2, -0.15) is 0 Å². The van der Waals surface area contributed by atoms with Gasteiger partial charge < -0.3 is 15.2 Å². The van der Waals surface area contributed by atoms with Gasteiger partial charge in [0.25, 0.3) is 5.91 Å². The van der Waals surface area contributed by atoms with E-state index in [1.54, 1.807) is 13.0 Å². The Morgan fingerprint density at radius 3 is 2.87 bits per heavy atom. The number of aromatic nitrogens is 2. The van der Waals surface area contributed by atoms with E-state index in [1.807, 2.05) is 41.2 Å². The second-order valence-electron chi connectivity index (χ2n) is 7.63. The first kappa shape index (κ1) is 20.6. The van der Waals surface area contributed by atoms with Crippen LogP contribution in [0.4, 0.5) is 0 Å². The summed E-state index contributed by atoms with van der Waals surface area (Å²) in [5, 5.41) is 6.65. The zero-order valence-corrected chi connectivity index (χ0v) is 18.1. The van der Waals surface area contributed by atoms with Crippen LogP contribution in [0.15, 0.2) is 42.7 Å². The Bertz CT molecular complexity index is 1030. The van der Waals surface area contributed by atoms with Crippen molar-refractivity contribution < 1.29 is 9.59 Å². The van der Waals surface area contributed by atoms with E-state index in [-0.39, 0.29) is 11.8 Å². The summed E-state index contributed by atoms with van der Waals surface area (Å²) in [6.45, 7) is 6.58. The molecule has 3 heterocycles. The number of hydrogen-bond donors (Lipinski definition) is 2. The number of likely N-dealkylation sites (N-methyl/N-ethyl adjacent to an activating group) is 1. The molecule has 1 saturated heterocycles.